The van der Waals surface area contributed by atoms with E-state index in [9.17, 15) is 10.4 Å². The van der Waals surface area contributed by atoms with E-state index in [4.69, 9.17) is 4.74 Å². The van der Waals surface area contributed by atoms with Gasteiger partial charge in [-0.1, -0.05) is 6.92 Å². The number of rotatable bonds is 4. The van der Waals surface area contributed by atoms with Gasteiger partial charge in [0, 0.05) is 31.5 Å². The van der Waals surface area contributed by atoms with E-state index in [2.05, 4.69) is 18.1 Å². The largest absolute Gasteiger partial charge is 0.387 e. The van der Waals surface area contributed by atoms with Gasteiger partial charge in [-0.25, -0.2) is 0 Å². The third kappa shape index (κ3) is 2.40. The highest BCUT2D eigenvalue weighted by atomic mass is 16.5. The Labute approximate surface area is 107 Å². The molecule has 1 atom stereocenters. The zero-order valence-electron chi connectivity index (χ0n) is 10.7. The van der Waals surface area contributed by atoms with Crippen LogP contribution in [0.4, 0.5) is 0 Å². The summed E-state index contributed by atoms with van der Waals surface area (Å²) in [5.41, 5.74) is 0.00473. The Hall–Kier alpha value is -1.38. The smallest absolute Gasteiger partial charge is 0.101 e. The Bertz CT molecular complexity index is 430. The Morgan fingerprint density at radius 1 is 1.61 bits per heavy atom. The molecule has 18 heavy (non-hydrogen) atoms. The van der Waals surface area contributed by atoms with Crippen LogP contribution in [-0.4, -0.2) is 28.1 Å². The summed E-state index contributed by atoms with van der Waals surface area (Å²) in [6, 6.07) is 2.29. The van der Waals surface area contributed by atoms with Crippen LogP contribution in [0.3, 0.4) is 0 Å². The quantitative estimate of drug-likeness (QED) is 0.880. The van der Waals surface area contributed by atoms with Crippen LogP contribution >= 0.6 is 0 Å². The molecule has 0 aliphatic carbocycles. The lowest BCUT2D eigenvalue weighted by Crippen LogP contribution is -2.34. The van der Waals surface area contributed by atoms with Crippen molar-refractivity contribution in [2.45, 2.75) is 38.8 Å². The van der Waals surface area contributed by atoms with Crippen molar-refractivity contribution in [3.8, 4) is 6.07 Å². The second-order valence-electron chi connectivity index (χ2n) is 4.82. The molecule has 2 heterocycles. The molecule has 1 fully saturated rings. The van der Waals surface area contributed by atoms with Crippen molar-refractivity contribution in [3.05, 3.63) is 18.0 Å². The summed E-state index contributed by atoms with van der Waals surface area (Å²) < 4.78 is 7.08. The van der Waals surface area contributed by atoms with Crippen LogP contribution < -0.4 is 0 Å². The van der Waals surface area contributed by atoms with Crippen LogP contribution in [0, 0.1) is 16.7 Å². The van der Waals surface area contributed by atoms with Crippen LogP contribution in [0.5, 0.6) is 0 Å². The Kier molecular flexibility index (Phi) is 4.00. The third-order valence-corrected chi connectivity index (χ3v) is 3.55. The molecular formula is C13H19N3O2. The van der Waals surface area contributed by atoms with Gasteiger partial charge in [-0.2, -0.15) is 10.4 Å². The van der Waals surface area contributed by atoms with Gasteiger partial charge in [0.05, 0.1) is 17.7 Å². The summed E-state index contributed by atoms with van der Waals surface area (Å²) >= 11 is 0. The third-order valence-electron chi connectivity index (χ3n) is 3.55. The van der Waals surface area contributed by atoms with E-state index in [-0.39, 0.29) is 0 Å². The standard InChI is InChI=1S/C13H19N3O2/c1-2-5-16-9-11(8-15-16)12(17)13(10-14)3-6-18-7-4-13/h8-9,12,17H,2-7H2,1H3. The number of aromatic nitrogens is 2. The minimum atomic E-state index is -0.781. The van der Waals surface area contributed by atoms with E-state index in [1.807, 2.05) is 10.9 Å². The topological polar surface area (TPSA) is 71.1 Å². The molecule has 0 saturated carbocycles. The lowest BCUT2D eigenvalue weighted by atomic mass is 9.75. The fourth-order valence-electron chi connectivity index (χ4n) is 2.37. The van der Waals surface area contributed by atoms with Gasteiger partial charge in [0.15, 0.2) is 0 Å². The molecule has 1 aromatic rings. The van der Waals surface area contributed by atoms with Gasteiger partial charge in [-0.15, -0.1) is 0 Å². The van der Waals surface area contributed by atoms with Crippen molar-refractivity contribution in [2.24, 2.45) is 5.41 Å². The molecule has 1 unspecified atom stereocenters. The van der Waals surface area contributed by atoms with Crippen molar-refractivity contribution >= 4 is 0 Å². The minimum Gasteiger partial charge on any atom is -0.387 e. The summed E-state index contributed by atoms with van der Waals surface area (Å²) in [6.45, 7) is 3.98. The molecule has 0 bridgehead atoms. The SMILES string of the molecule is CCCn1cc(C(O)C2(C#N)CCOCC2)cn1. The molecule has 1 aliphatic heterocycles. The Morgan fingerprint density at radius 3 is 2.94 bits per heavy atom. The van der Waals surface area contributed by atoms with Crippen LogP contribution in [0.25, 0.3) is 0 Å². The number of hydrogen-bond acceptors (Lipinski definition) is 4. The maximum atomic E-state index is 10.4. The van der Waals surface area contributed by atoms with Crippen molar-refractivity contribution in [2.75, 3.05) is 13.2 Å². The van der Waals surface area contributed by atoms with Crippen LogP contribution in [0.1, 0.15) is 37.9 Å². The molecule has 5 heteroatoms. The minimum absolute atomic E-state index is 0.535. The molecule has 0 spiro atoms. The molecular weight excluding hydrogens is 230 g/mol. The average Bonchev–Trinajstić information content (AvgIpc) is 2.87. The predicted octanol–water partition coefficient (Wildman–Crippen LogP) is 1.65. The fourth-order valence-corrected chi connectivity index (χ4v) is 2.37. The first-order valence-corrected chi connectivity index (χ1v) is 6.41. The highest BCUT2D eigenvalue weighted by Gasteiger charge is 2.41. The fraction of sp³-hybridized carbons (Fsp3) is 0.692. The van der Waals surface area contributed by atoms with Crippen molar-refractivity contribution < 1.29 is 9.84 Å². The molecule has 2 rings (SSSR count). The second kappa shape index (κ2) is 5.51. The van der Waals surface area contributed by atoms with E-state index in [0.717, 1.165) is 18.5 Å². The molecule has 0 radical (unpaired) electrons. The number of aliphatic hydroxyl groups is 1. The van der Waals surface area contributed by atoms with Crippen molar-refractivity contribution in [1.82, 2.24) is 9.78 Å². The highest BCUT2D eigenvalue weighted by Crippen LogP contribution is 2.41. The second-order valence-corrected chi connectivity index (χ2v) is 4.82. The van der Waals surface area contributed by atoms with Gasteiger partial charge in [-0.05, 0) is 19.3 Å². The summed E-state index contributed by atoms with van der Waals surface area (Å²) in [4.78, 5) is 0. The molecule has 1 aliphatic rings. The number of ether oxygens (including phenoxy) is 1. The number of aryl methyl sites for hydroxylation is 1. The molecule has 5 nitrogen and oxygen atoms in total. The summed E-state index contributed by atoms with van der Waals surface area (Å²) in [5.74, 6) is 0. The highest BCUT2D eigenvalue weighted by molar-refractivity contribution is 5.18. The number of nitriles is 1. The van der Waals surface area contributed by atoms with Crippen LogP contribution in [-0.2, 0) is 11.3 Å². The zero-order valence-corrected chi connectivity index (χ0v) is 10.7. The van der Waals surface area contributed by atoms with E-state index < -0.39 is 11.5 Å². The Morgan fingerprint density at radius 2 is 2.33 bits per heavy atom. The van der Waals surface area contributed by atoms with Gasteiger partial charge in [0.25, 0.3) is 0 Å². The maximum absolute atomic E-state index is 10.4. The van der Waals surface area contributed by atoms with Gasteiger partial charge in [-0.3, -0.25) is 4.68 Å². The molecule has 1 saturated heterocycles. The summed E-state index contributed by atoms with van der Waals surface area (Å²) in [7, 11) is 0. The summed E-state index contributed by atoms with van der Waals surface area (Å²) in [5, 5.41) is 24.0. The van der Waals surface area contributed by atoms with Gasteiger partial charge < -0.3 is 9.84 Å². The number of hydrogen-bond donors (Lipinski definition) is 1. The molecule has 1 N–H and O–H groups in total. The first-order chi connectivity index (χ1) is 8.72. The number of nitrogens with zero attached hydrogens (tertiary/aromatic N) is 3. The van der Waals surface area contributed by atoms with Crippen LogP contribution in [0.2, 0.25) is 0 Å². The molecule has 1 aromatic heterocycles. The number of aliphatic hydroxyl groups excluding tert-OH is 1. The normalized spacial score (nSPS) is 20.3. The maximum Gasteiger partial charge on any atom is 0.101 e. The lowest BCUT2D eigenvalue weighted by Gasteiger charge is -2.34. The van der Waals surface area contributed by atoms with Crippen molar-refractivity contribution in [3.63, 3.8) is 0 Å². The first kappa shape index (κ1) is 13.1. The van der Waals surface area contributed by atoms with E-state index in [1.165, 1.54) is 0 Å². The van der Waals surface area contributed by atoms with Gasteiger partial charge in [0.2, 0.25) is 0 Å². The van der Waals surface area contributed by atoms with Crippen LogP contribution in [0.15, 0.2) is 12.4 Å². The lowest BCUT2D eigenvalue weighted by molar-refractivity contribution is -0.0310. The predicted molar refractivity (Wildman–Crippen MR) is 65.6 cm³/mol. The Balaban J connectivity index is 2.17. The zero-order chi connectivity index (χ0) is 13.0. The van der Waals surface area contributed by atoms with Gasteiger partial charge in [0.1, 0.15) is 6.10 Å². The van der Waals surface area contributed by atoms with E-state index in [1.54, 1.807) is 6.20 Å². The van der Waals surface area contributed by atoms with E-state index >= 15 is 0 Å². The summed E-state index contributed by atoms with van der Waals surface area (Å²) in [6.07, 6.45) is 4.86. The average molecular weight is 249 g/mol. The van der Waals surface area contributed by atoms with Gasteiger partial charge >= 0.3 is 0 Å². The first-order valence-electron chi connectivity index (χ1n) is 6.41. The monoisotopic (exact) mass is 249 g/mol. The molecule has 0 amide bonds. The molecule has 98 valence electrons. The van der Waals surface area contributed by atoms with Crippen molar-refractivity contribution in [1.29, 1.82) is 5.26 Å². The van der Waals surface area contributed by atoms with E-state index in [0.29, 0.717) is 26.1 Å². The molecule has 0 aromatic carbocycles.